The lowest BCUT2D eigenvalue weighted by atomic mass is 9.99. The van der Waals surface area contributed by atoms with Gasteiger partial charge in [-0.25, -0.2) is 14.4 Å². The van der Waals surface area contributed by atoms with Gasteiger partial charge in [0.15, 0.2) is 0 Å². The molecule has 2 N–H and O–H groups in total. The van der Waals surface area contributed by atoms with Gasteiger partial charge in [0.05, 0.1) is 5.69 Å². The lowest BCUT2D eigenvalue weighted by molar-refractivity contribution is 0.419. The summed E-state index contributed by atoms with van der Waals surface area (Å²) in [6.07, 6.45) is 4.02. The Morgan fingerprint density at radius 1 is 1.36 bits per heavy atom. The normalized spacial score (nSPS) is 18.5. The number of aromatic nitrogens is 2. The van der Waals surface area contributed by atoms with Gasteiger partial charge in [-0.2, -0.15) is 0 Å². The largest absolute Gasteiger partial charge is 0.340 e. The molecule has 22 heavy (non-hydrogen) atoms. The van der Waals surface area contributed by atoms with E-state index >= 15 is 0 Å². The molecule has 1 atom stereocenters. The molecule has 1 fully saturated rings. The average molecular weight is 300 g/mol. The average Bonchev–Trinajstić information content (AvgIpc) is 2.56. The van der Waals surface area contributed by atoms with Gasteiger partial charge < -0.3 is 10.6 Å². The molecule has 2 heterocycles. The van der Waals surface area contributed by atoms with Gasteiger partial charge in [-0.15, -0.1) is 0 Å². The molecule has 0 bridgehead atoms. The van der Waals surface area contributed by atoms with Crippen molar-refractivity contribution in [2.24, 2.45) is 11.7 Å². The zero-order valence-electron chi connectivity index (χ0n) is 12.8. The second-order valence-electron chi connectivity index (χ2n) is 5.87. The quantitative estimate of drug-likeness (QED) is 0.947. The van der Waals surface area contributed by atoms with Crippen molar-refractivity contribution in [3.8, 4) is 11.3 Å². The first-order valence-corrected chi connectivity index (χ1v) is 7.72. The van der Waals surface area contributed by atoms with Gasteiger partial charge in [-0.3, -0.25) is 0 Å². The Balaban J connectivity index is 1.95. The maximum Gasteiger partial charge on any atom is 0.225 e. The summed E-state index contributed by atoms with van der Waals surface area (Å²) in [6, 6.07) is 6.73. The minimum Gasteiger partial charge on any atom is -0.340 e. The number of hydrogen-bond acceptors (Lipinski definition) is 4. The third-order valence-corrected chi connectivity index (χ3v) is 4.22. The monoisotopic (exact) mass is 300 g/mol. The maximum absolute atomic E-state index is 14.1. The molecule has 1 aromatic carbocycles. The fraction of sp³-hybridized carbons (Fsp3) is 0.412. The second-order valence-corrected chi connectivity index (χ2v) is 5.87. The number of benzene rings is 1. The Hall–Kier alpha value is -2.01. The van der Waals surface area contributed by atoms with Gasteiger partial charge in [-0.1, -0.05) is 12.1 Å². The van der Waals surface area contributed by atoms with E-state index in [1.54, 1.807) is 18.3 Å². The van der Waals surface area contributed by atoms with E-state index < -0.39 is 0 Å². The molecule has 5 heteroatoms. The number of nitrogens with two attached hydrogens (primary N) is 1. The number of rotatable bonds is 3. The van der Waals surface area contributed by atoms with Crippen LogP contribution in [0.3, 0.4) is 0 Å². The molecular weight excluding hydrogens is 279 g/mol. The molecule has 2 aromatic rings. The number of aryl methyl sites for hydroxylation is 1. The molecule has 1 aromatic heterocycles. The lowest BCUT2D eigenvalue weighted by Gasteiger charge is -2.32. The maximum atomic E-state index is 14.1. The van der Waals surface area contributed by atoms with Crippen LogP contribution in [0, 0.1) is 18.7 Å². The van der Waals surface area contributed by atoms with Crippen molar-refractivity contribution in [2.75, 3.05) is 24.5 Å². The van der Waals surface area contributed by atoms with E-state index in [1.807, 2.05) is 13.0 Å². The summed E-state index contributed by atoms with van der Waals surface area (Å²) in [6.45, 7) is 4.39. The first-order valence-electron chi connectivity index (χ1n) is 7.72. The van der Waals surface area contributed by atoms with Crippen molar-refractivity contribution < 1.29 is 4.39 Å². The molecule has 0 amide bonds. The predicted octanol–water partition coefficient (Wildman–Crippen LogP) is 2.77. The van der Waals surface area contributed by atoms with Gasteiger partial charge in [0.1, 0.15) is 5.82 Å². The highest BCUT2D eigenvalue weighted by atomic mass is 19.1. The fourth-order valence-electron chi connectivity index (χ4n) is 2.95. The second kappa shape index (κ2) is 6.40. The van der Waals surface area contributed by atoms with Crippen molar-refractivity contribution in [3.63, 3.8) is 0 Å². The first-order chi connectivity index (χ1) is 10.7. The van der Waals surface area contributed by atoms with Crippen molar-refractivity contribution in [1.82, 2.24) is 9.97 Å². The molecule has 116 valence electrons. The number of anilines is 1. The summed E-state index contributed by atoms with van der Waals surface area (Å²) < 4.78 is 14.1. The van der Waals surface area contributed by atoms with E-state index in [4.69, 9.17) is 5.73 Å². The van der Waals surface area contributed by atoms with Crippen molar-refractivity contribution in [3.05, 3.63) is 41.8 Å². The zero-order valence-corrected chi connectivity index (χ0v) is 12.8. The van der Waals surface area contributed by atoms with Crippen LogP contribution in [0.1, 0.15) is 18.4 Å². The topological polar surface area (TPSA) is 55.0 Å². The van der Waals surface area contributed by atoms with Crippen molar-refractivity contribution >= 4 is 5.95 Å². The van der Waals surface area contributed by atoms with Crippen LogP contribution in [0.25, 0.3) is 11.3 Å². The SMILES string of the molecule is Cc1cnc(N2CCCC(CN)C2)nc1-c1ccccc1F. The molecule has 0 aliphatic carbocycles. The van der Waals surface area contributed by atoms with Crippen LogP contribution in [0.5, 0.6) is 0 Å². The van der Waals surface area contributed by atoms with Gasteiger partial charge in [0, 0.05) is 24.8 Å². The van der Waals surface area contributed by atoms with Crippen LogP contribution in [-0.4, -0.2) is 29.6 Å². The Morgan fingerprint density at radius 3 is 2.95 bits per heavy atom. The number of piperidine rings is 1. The smallest absolute Gasteiger partial charge is 0.225 e. The van der Waals surface area contributed by atoms with E-state index in [1.165, 1.54) is 6.07 Å². The van der Waals surface area contributed by atoms with Crippen LogP contribution in [-0.2, 0) is 0 Å². The number of hydrogen-bond donors (Lipinski definition) is 1. The highest BCUT2D eigenvalue weighted by Crippen LogP contribution is 2.27. The molecule has 4 nitrogen and oxygen atoms in total. The highest BCUT2D eigenvalue weighted by Gasteiger charge is 2.21. The summed E-state index contributed by atoms with van der Waals surface area (Å²) >= 11 is 0. The van der Waals surface area contributed by atoms with E-state index in [2.05, 4.69) is 14.9 Å². The van der Waals surface area contributed by atoms with Crippen molar-refractivity contribution in [1.29, 1.82) is 0 Å². The standard InChI is InChI=1S/C17H21FN4/c1-12-10-20-17(22-8-4-5-13(9-19)11-22)21-16(12)14-6-2-3-7-15(14)18/h2-3,6-7,10,13H,4-5,8-9,11,19H2,1H3. The molecule has 1 aliphatic heterocycles. The predicted molar refractivity (Wildman–Crippen MR) is 86.2 cm³/mol. The molecule has 3 rings (SSSR count). The van der Waals surface area contributed by atoms with Crippen molar-refractivity contribution in [2.45, 2.75) is 19.8 Å². The summed E-state index contributed by atoms with van der Waals surface area (Å²) in [5, 5.41) is 0. The molecular formula is C17H21FN4. The van der Waals surface area contributed by atoms with Crippen LogP contribution < -0.4 is 10.6 Å². The lowest BCUT2D eigenvalue weighted by Crippen LogP contribution is -2.39. The third kappa shape index (κ3) is 2.95. The van der Waals surface area contributed by atoms with E-state index in [0.29, 0.717) is 29.7 Å². The van der Waals surface area contributed by atoms with Gasteiger partial charge >= 0.3 is 0 Å². The molecule has 0 saturated carbocycles. The Labute approximate surface area is 130 Å². The zero-order chi connectivity index (χ0) is 15.5. The third-order valence-electron chi connectivity index (χ3n) is 4.22. The number of nitrogens with zero attached hydrogens (tertiary/aromatic N) is 3. The highest BCUT2D eigenvalue weighted by molar-refractivity contribution is 5.64. The van der Waals surface area contributed by atoms with Crippen LogP contribution in [0.15, 0.2) is 30.5 Å². The summed E-state index contributed by atoms with van der Waals surface area (Å²) in [5.74, 6) is 0.895. The molecule has 0 spiro atoms. The minimum atomic E-state index is -0.256. The first kappa shape index (κ1) is 14.9. The Kier molecular flexibility index (Phi) is 4.34. The van der Waals surface area contributed by atoms with E-state index in [0.717, 1.165) is 31.5 Å². The van der Waals surface area contributed by atoms with Gasteiger partial charge in [0.25, 0.3) is 0 Å². The van der Waals surface area contributed by atoms with E-state index in [-0.39, 0.29) is 5.82 Å². The van der Waals surface area contributed by atoms with Crippen LogP contribution >= 0.6 is 0 Å². The van der Waals surface area contributed by atoms with Crippen LogP contribution in [0.4, 0.5) is 10.3 Å². The van der Waals surface area contributed by atoms with Gasteiger partial charge in [0.2, 0.25) is 5.95 Å². The summed E-state index contributed by atoms with van der Waals surface area (Å²) in [5.41, 5.74) is 7.86. The Morgan fingerprint density at radius 2 is 2.18 bits per heavy atom. The molecule has 0 radical (unpaired) electrons. The summed E-state index contributed by atoms with van der Waals surface area (Å²) in [7, 11) is 0. The Bertz CT molecular complexity index is 659. The van der Waals surface area contributed by atoms with Gasteiger partial charge in [-0.05, 0) is 49.9 Å². The summed E-state index contributed by atoms with van der Waals surface area (Å²) in [4.78, 5) is 11.2. The minimum absolute atomic E-state index is 0.256. The molecule has 1 saturated heterocycles. The molecule has 1 aliphatic rings. The number of halogens is 1. The van der Waals surface area contributed by atoms with Crippen LogP contribution in [0.2, 0.25) is 0 Å². The fourth-order valence-corrected chi connectivity index (χ4v) is 2.95. The van der Waals surface area contributed by atoms with E-state index in [9.17, 15) is 4.39 Å². The molecule has 1 unspecified atom stereocenters.